The van der Waals surface area contributed by atoms with E-state index >= 15 is 0 Å². The van der Waals surface area contributed by atoms with Gasteiger partial charge < -0.3 is 15.4 Å². The van der Waals surface area contributed by atoms with E-state index in [9.17, 15) is 19.2 Å². The molecule has 1 aromatic rings. The molecule has 8 nitrogen and oxygen atoms in total. The van der Waals surface area contributed by atoms with Crippen LogP contribution in [0.1, 0.15) is 30.6 Å². The quantitative estimate of drug-likeness (QED) is 0.583. The van der Waals surface area contributed by atoms with Crippen LogP contribution in [0.5, 0.6) is 0 Å². The van der Waals surface area contributed by atoms with Crippen molar-refractivity contribution in [3.8, 4) is 0 Å². The fraction of sp³-hybridized carbons (Fsp3) is 0.375. The van der Waals surface area contributed by atoms with Crippen molar-refractivity contribution in [1.82, 2.24) is 16.0 Å². The van der Waals surface area contributed by atoms with Crippen molar-refractivity contribution < 1.29 is 23.9 Å². The topological polar surface area (TPSA) is 114 Å². The number of hydrogen-bond donors (Lipinski definition) is 3. The van der Waals surface area contributed by atoms with Crippen LogP contribution in [0.15, 0.2) is 28.7 Å². The van der Waals surface area contributed by atoms with Crippen LogP contribution < -0.4 is 16.0 Å². The van der Waals surface area contributed by atoms with Gasteiger partial charge in [-0.2, -0.15) is 0 Å². The van der Waals surface area contributed by atoms with Gasteiger partial charge in [-0.25, -0.2) is 4.79 Å². The van der Waals surface area contributed by atoms with Gasteiger partial charge in [0, 0.05) is 10.5 Å². The fourth-order valence-electron chi connectivity index (χ4n) is 1.61. The molecule has 0 aromatic heterocycles. The largest absolute Gasteiger partial charge is 0.454 e. The minimum absolute atomic E-state index is 0.0807. The number of urea groups is 1. The average molecular weight is 414 g/mol. The summed E-state index contributed by atoms with van der Waals surface area (Å²) in [7, 11) is 0. The number of ether oxygens (including phenoxy) is 1. The number of carbonyl (C=O) groups excluding carboxylic acids is 4. The highest BCUT2D eigenvalue weighted by atomic mass is 79.9. The van der Waals surface area contributed by atoms with Gasteiger partial charge in [0.15, 0.2) is 6.61 Å². The van der Waals surface area contributed by atoms with Gasteiger partial charge >= 0.3 is 12.0 Å². The van der Waals surface area contributed by atoms with Gasteiger partial charge in [0.05, 0.1) is 5.56 Å². The lowest BCUT2D eigenvalue weighted by Crippen LogP contribution is -2.45. The van der Waals surface area contributed by atoms with Gasteiger partial charge in [0.1, 0.15) is 6.54 Å². The second-order valence-corrected chi connectivity index (χ2v) is 6.01. The van der Waals surface area contributed by atoms with E-state index in [0.717, 1.165) is 0 Å². The number of esters is 1. The van der Waals surface area contributed by atoms with Crippen molar-refractivity contribution in [2.75, 3.05) is 13.2 Å². The van der Waals surface area contributed by atoms with Crippen molar-refractivity contribution in [3.05, 3.63) is 34.3 Å². The second kappa shape index (κ2) is 10.4. The predicted octanol–water partition coefficient (Wildman–Crippen LogP) is 1.35. The molecule has 3 N–H and O–H groups in total. The first kappa shape index (κ1) is 20.6. The molecule has 0 spiro atoms. The van der Waals surface area contributed by atoms with Gasteiger partial charge in [-0.15, -0.1) is 0 Å². The highest BCUT2D eigenvalue weighted by Gasteiger charge is 2.14. The number of benzene rings is 1. The zero-order chi connectivity index (χ0) is 18.8. The fourth-order valence-corrected chi connectivity index (χ4v) is 2.08. The summed E-state index contributed by atoms with van der Waals surface area (Å²) < 4.78 is 5.29. The van der Waals surface area contributed by atoms with Crippen molar-refractivity contribution >= 4 is 39.7 Å². The molecule has 0 fully saturated rings. The molecule has 0 bridgehead atoms. The number of nitrogens with one attached hydrogen (secondary N) is 3. The SMILES string of the molecule is CC[C@H](C)NC(=O)NC(=O)COC(=O)CNC(=O)c1ccccc1Br. The maximum Gasteiger partial charge on any atom is 0.325 e. The number of imide groups is 1. The molecule has 1 atom stereocenters. The van der Waals surface area contributed by atoms with Gasteiger partial charge in [-0.05, 0) is 41.4 Å². The first-order chi connectivity index (χ1) is 11.8. The molecule has 1 rings (SSSR count). The van der Waals surface area contributed by atoms with E-state index in [1.807, 2.05) is 12.2 Å². The summed E-state index contributed by atoms with van der Waals surface area (Å²) in [5.41, 5.74) is 0.370. The second-order valence-electron chi connectivity index (χ2n) is 5.15. The molecule has 136 valence electrons. The van der Waals surface area contributed by atoms with Crippen LogP contribution in [-0.4, -0.2) is 43.0 Å². The van der Waals surface area contributed by atoms with Crippen LogP contribution in [0.3, 0.4) is 0 Å². The third kappa shape index (κ3) is 7.79. The Morgan fingerprint density at radius 1 is 1.20 bits per heavy atom. The molecular weight excluding hydrogens is 394 g/mol. The third-order valence-corrected chi connectivity index (χ3v) is 3.81. The zero-order valence-corrected chi connectivity index (χ0v) is 15.5. The molecular formula is C16H20BrN3O5. The molecule has 0 heterocycles. The Morgan fingerprint density at radius 3 is 2.52 bits per heavy atom. The van der Waals surface area contributed by atoms with Crippen LogP contribution in [-0.2, 0) is 14.3 Å². The van der Waals surface area contributed by atoms with Crippen LogP contribution in [0, 0.1) is 0 Å². The lowest BCUT2D eigenvalue weighted by Gasteiger charge is -2.12. The van der Waals surface area contributed by atoms with Gasteiger partial charge in [0.25, 0.3) is 11.8 Å². The summed E-state index contributed by atoms with van der Waals surface area (Å²) in [6.07, 6.45) is 0.716. The van der Waals surface area contributed by atoms with E-state index in [1.54, 1.807) is 31.2 Å². The Balaban J connectivity index is 2.31. The first-order valence-electron chi connectivity index (χ1n) is 7.62. The van der Waals surface area contributed by atoms with E-state index < -0.39 is 37.0 Å². The van der Waals surface area contributed by atoms with E-state index in [4.69, 9.17) is 4.74 Å². The Kier molecular flexibility index (Phi) is 8.62. The lowest BCUT2D eigenvalue weighted by atomic mass is 10.2. The molecule has 1 aromatic carbocycles. The van der Waals surface area contributed by atoms with Crippen molar-refractivity contribution in [2.24, 2.45) is 0 Å². The minimum atomic E-state index is -0.794. The van der Waals surface area contributed by atoms with Crippen molar-refractivity contribution in [1.29, 1.82) is 0 Å². The minimum Gasteiger partial charge on any atom is -0.454 e. The summed E-state index contributed by atoms with van der Waals surface area (Å²) >= 11 is 3.23. The highest BCUT2D eigenvalue weighted by molar-refractivity contribution is 9.10. The molecule has 0 aliphatic heterocycles. The number of halogens is 1. The molecule has 0 radical (unpaired) electrons. The number of carbonyl (C=O) groups is 4. The van der Waals surface area contributed by atoms with Crippen LogP contribution >= 0.6 is 15.9 Å². The summed E-state index contributed by atoms with van der Waals surface area (Å²) in [6.45, 7) is 2.67. The van der Waals surface area contributed by atoms with E-state index in [-0.39, 0.29) is 6.04 Å². The monoisotopic (exact) mass is 413 g/mol. The zero-order valence-electron chi connectivity index (χ0n) is 13.9. The molecule has 4 amide bonds. The Morgan fingerprint density at radius 2 is 1.88 bits per heavy atom. The lowest BCUT2D eigenvalue weighted by molar-refractivity contribution is -0.147. The van der Waals surface area contributed by atoms with E-state index in [1.165, 1.54) is 0 Å². The summed E-state index contributed by atoms with van der Waals surface area (Å²) in [5.74, 6) is -2.01. The summed E-state index contributed by atoms with van der Waals surface area (Å²) in [5, 5.41) is 6.96. The van der Waals surface area contributed by atoms with Crippen LogP contribution in [0.4, 0.5) is 4.79 Å². The van der Waals surface area contributed by atoms with Gasteiger partial charge in [-0.3, -0.25) is 19.7 Å². The Hall–Kier alpha value is -2.42. The number of hydrogen-bond acceptors (Lipinski definition) is 5. The third-order valence-electron chi connectivity index (χ3n) is 3.12. The first-order valence-corrected chi connectivity index (χ1v) is 8.41. The standard InChI is InChI=1S/C16H20BrN3O5/c1-3-10(2)19-16(24)20-13(21)9-25-14(22)8-18-15(23)11-6-4-5-7-12(11)17/h4-7,10H,3,8-9H2,1-2H3,(H,18,23)(H2,19,20,21,24)/t10-/m0/s1. The van der Waals surface area contributed by atoms with Gasteiger partial charge in [-0.1, -0.05) is 19.1 Å². The maximum atomic E-state index is 11.9. The molecule has 25 heavy (non-hydrogen) atoms. The van der Waals surface area contributed by atoms with E-state index in [0.29, 0.717) is 16.5 Å². The molecule has 0 saturated heterocycles. The number of amides is 4. The number of rotatable bonds is 7. The Labute approximate surface area is 153 Å². The summed E-state index contributed by atoms with van der Waals surface area (Å²) in [6, 6.07) is 5.99. The molecule has 0 aliphatic rings. The van der Waals surface area contributed by atoms with E-state index in [2.05, 4.69) is 26.6 Å². The molecule has 0 saturated carbocycles. The molecule has 9 heteroatoms. The van der Waals surface area contributed by atoms with Crippen molar-refractivity contribution in [2.45, 2.75) is 26.3 Å². The maximum absolute atomic E-state index is 11.9. The highest BCUT2D eigenvalue weighted by Crippen LogP contribution is 2.15. The smallest absolute Gasteiger partial charge is 0.325 e. The predicted molar refractivity (Wildman–Crippen MR) is 93.9 cm³/mol. The Bertz CT molecular complexity index is 650. The van der Waals surface area contributed by atoms with Crippen LogP contribution in [0.2, 0.25) is 0 Å². The van der Waals surface area contributed by atoms with Crippen LogP contribution in [0.25, 0.3) is 0 Å². The molecule has 0 aliphatic carbocycles. The normalized spacial score (nSPS) is 11.2. The van der Waals surface area contributed by atoms with Crippen molar-refractivity contribution in [3.63, 3.8) is 0 Å². The summed E-state index contributed by atoms with van der Waals surface area (Å²) in [4.78, 5) is 46.4. The van der Waals surface area contributed by atoms with Gasteiger partial charge in [0.2, 0.25) is 0 Å². The molecule has 0 unspecified atom stereocenters. The average Bonchev–Trinajstić information content (AvgIpc) is 2.57.